The molecule has 0 N–H and O–H groups in total. The molecule has 1 aliphatic heterocycles. The minimum atomic E-state index is -4.40. The van der Waals surface area contributed by atoms with Crippen molar-refractivity contribution in [2.75, 3.05) is 33.4 Å². The molecule has 1 amide bonds. The van der Waals surface area contributed by atoms with Crippen molar-refractivity contribution in [2.24, 2.45) is 0 Å². The van der Waals surface area contributed by atoms with Crippen LogP contribution in [0.15, 0.2) is 103 Å². The van der Waals surface area contributed by atoms with E-state index in [0.717, 1.165) is 54.8 Å². The van der Waals surface area contributed by atoms with E-state index in [9.17, 15) is 22.8 Å². The molecule has 43 heavy (non-hydrogen) atoms. The van der Waals surface area contributed by atoms with Crippen LogP contribution in [0.5, 0.6) is 0 Å². The molecule has 5 nitrogen and oxygen atoms in total. The van der Waals surface area contributed by atoms with Crippen molar-refractivity contribution in [1.29, 1.82) is 0 Å². The lowest BCUT2D eigenvalue weighted by atomic mass is 9.95. The zero-order chi connectivity index (χ0) is 30.4. The lowest BCUT2D eigenvalue weighted by molar-refractivity contribution is -0.143. The van der Waals surface area contributed by atoms with E-state index in [-0.39, 0.29) is 12.5 Å². The number of halogens is 3. The standard InChI is InChI=1S/C35H33F3N2O3/c1-43-34(42)32(29-13-9-26(10-14-29)25-7-3-2-4-8-25)23-40(24-39-21-5-6-22-39)33(41)30-15-11-27(12-16-30)28-17-19-31(20-18-28)35(36,37)38/h2-4,7-20,32H,5-6,21-24H2,1H3. The van der Waals surface area contributed by atoms with Gasteiger partial charge in [-0.2, -0.15) is 13.2 Å². The number of carbonyl (C=O) groups excluding carboxylic acids is 2. The summed E-state index contributed by atoms with van der Waals surface area (Å²) in [5.74, 6) is -1.35. The molecule has 0 aliphatic carbocycles. The van der Waals surface area contributed by atoms with Crippen LogP contribution in [-0.2, 0) is 15.7 Å². The lowest BCUT2D eigenvalue weighted by Gasteiger charge is -2.30. The second kappa shape index (κ2) is 13.3. The van der Waals surface area contributed by atoms with Gasteiger partial charge in [0.05, 0.1) is 25.3 Å². The minimum Gasteiger partial charge on any atom is -0.468 e. The third kappa shape index (κ3) is 7.32. The normalized spacial score (nSPS) is 14.3. The SMILES string of the molecule is COC(=O)C(CN(CN1CCCC1)C(=O)c1ccc(-c2ccc(C(F)(F)F)cc2)cc1)c1ccc(-c2ccccc2)cc1. The molecule has 1 fully saturated rings. The highest BCUT2D eigenvalue weighted by molar-refractivity contribution is 5.95. The molecule has 0 saturated carbocycles. The summed E-state index contributed by atoms with van der Waals surface area (Å²) in [6, 6.07) is 29.4. The molecular formula is C35H33F3N2O3. The van der Waals surface area contributed by atoms with E-state index < -0.39 is 23.6 Å². The lowest BCUT2D eigenvalue weighted by Crippen LogP contribution is -2.43. The Morgan fingerprint density at radius 1 is 0.767 bits per heavy atom. The van der Waals surface area contributed by atoms with Crippen molar-refractivity contribution in [3.05, 3.63) is 120 Å². The topological polar surface area (TPSA) is 49.9 Å². The molecule has 0 aromatic heterocycles. The maximum atomic E-state index is 13.9. The number of amides is 1. The van der Waals surface area contributed by atoms with Crippen LogP contribution in [0.1, 0.15) is 40.2 Å². The van der Waals surface area contributed by atoms with Crippen LogP contribution in [-0.4, -0.2) is 55.1 Å². The van der Waals surface area contributed by atoms with Crippen molar-refractivity contribution in [3.63, 3.8) is 0 Å². The Hall–Kier alpha value is -4.43. The van der Waals surface area contributed by atoms with Crippen LogP contribution >= 0.6 is 0 Å². The fraction of sp³-hybridized carbons (Fsp3) is 0.257. The molecule has 5 rings (SSSR count). The molecule has 0 spiro atoms. The summed E-state index contributed by atoms with van der Waals surface area (Å²) in [4.78, 5) is 30.8. The number of alkyl halides is 3. The molecular weight excluding hydrogens is 553 g/mol. The Balaban J connectivity index is 1.38. The molecule has 0 radical (unpaired) electrons. The van der Waals surface area contributed by atoms with Crippen molar-refractivity contribution in [1.82, 2.24) is 9.80 Å². The van der Waals surface area contributed by atoms with Crippen LogP contribution < -0.4 is 0 Å². The van der Waals surface area contributed by atoms with E-state index in [1.54, 1.807) is 29.2 Å². The van der Waals surface area contributed by atoms with Gasteiger partial charge in [-0.3, -0.25) is 14.5 Å². The first kappa shape index (κ1) is 30.0. The van der Waals surface area contributed by atoms with Crippen LogP contribution in [0, 0.1) is 0 Å². The Kier molecular flexibility index (Phi) is 9.26. The average molecular weight is 587 g/mol. The summed E-state index contributed by atoms with van der Waals surface area (Å²) in [6.45, 7) is 2.24. The van der Waals surface area contributed by atoms with Gasteiger partial charge < -0.3 is 9.64 Å². The first-order chi connectivity index (χ1) is 20.7. The summed E-state index contributed by atoms with van der Waals surface area (Å²) < 4.78 is 44.1. The number of hydrogen-bond donors (Lipinski definition) is 0. The fourth-order valence-corrected chi connectivity index (χ4v) is 5.43. The van der Waals surface area contributed by atoms with Crippen LogP contribution in [0.25, 0.3) is 22.3 Å². The quantitative estimate of drug-likeness (QED) is 0.191. The largest absolute Gasteiger partial charge is 0.468 e. The first-order valence-corrected chi connectivity index (χ1v) is 14.3. The average Bonchev–Trinajstić information content (AvgIpc) is 3.56. The summed E-state index contributed by atoms with van der Waals surface area (Å²) >= 11 is 0. The van der Waals surface area contributed by atoms with Crippen molar-refractivity contribution >= 4 is 11.9 Å². The number of benzene rings is 4. The summed E-state index contributed by atoms with van der Waals surface area (Å²) in [5, 5.41) is 0. The number of carbonyl (C=O) groups is 2. The molecule has 4 aromatic carbocycles. The molecule has 1 heterocycles. The number of likely N-dealkylation sites (tertiary alicyclic amines) is 1. The second-order valence-electron chi connectivity index (χ2n) is 10.7. The molecule has 8 heteroatoms. The molecule has 1 unspecified atom stereocenters. The number of ether oxygens (including phenoxy) is 1. The van der Waals surface area contributed by atoms with E-state index in [0.29, 0.717) is 23.4 Å². The van der Waals surface area contributed by atoms with Crippen molar-refractivity contribution in [3.8, 4) is 22.3 Å². The van der Waals surface area contributed by atoms with E-state index in [2.05, 4.69) is 4.90 Å². The zero-order valence-corrected chi connectivity index (χ0v) is 23.9. The van der Waals surface area contributed by atoms with Gasteiger partial charge in [0.1, 0.15) is 0 Å². The van der Waals surface area contributed by atoms with E-state index >= 15 is 0 Å². The highest BCUT2D eigenvalue weighted by Gasteiger charge is 2.31. The number of hydrogen-bond acceptors (Lipinski definition) is 4. The van der Waals surface area contributed by atoms with Gasteiger partial charge in [0.2, 0.25) is 0 Å². The molecule has 222 valence electrons. The van der Waals surface area contributed by atoms with Crippen LogP contribution in [0.4, 0.5) is 13.2 Å². The third-order valence-corrected chi connectivity index (χ3v) is 7.84. The van der Waals surface area contributed by atoms with E-state index in [1.807, 2.05) is 54.6 Å². The predicted molar refractivity (Wildman–Crippen MR) is 160 cm³/mol. The highest BCUT2D eigenvalue weighted by Crippen LogP contribution is 2.31. The molecule has 0 bridgehead atoms. The maximum Gasteiger partial charge on any atom is 0.416 e. The van der Waals surface area contributed by atoms with Gasteiger partial charge in [-0.05, 0) is 78.0 Å². The number of methoxy groups -OCH3 is 1. The second-order valence-corrected chi connectivity index (χ2v) is 10.7. The third-order valence-electron chi connectivity index (χ3n) is 7.84. The summed E-state index contributed by atoms with van der Waals surface area (Å²) in [5.41, 5.74) is 3.87. The Morgan fingerprint density at radius 3 is 1.81 bits per heavy atom. The van der Waals surface area contributed by atoms with E-state index in [4.69, 9.17) is 4.74 Å². The van der Waals surface area contributed by atoms with Crippen LogP contribution in [0.3, 0.4) is 0 Å². The van der Waals surface area contributed by atoms with Gasteiger partial charge >= 0.3 is 12.1 Å². The number of nitrogens with zero attached hydrogens (tertiary/aromatic N) is 2. The number of rotatable bonds is 9. The maximum absolute atomic E-state index is 13.9. The monoisotopic (exact) mass is 586 g/mol. The molecule has 1 saturated heterocycles. The Labute approximate surface area is 249 Å². The van der Waals surface area contributed by atoms with Gasteiger partial charge in [0, 0.05) is 12.1 Å². The zero-order valence-electron chi connectivity index (χ0n) is 23.9. The first-order valence-electron chi connectivity index (χ1n) is 14.3. The molecule has 1 aliphatic rings. The summed E-state index contributed by atoms with van der Waals surface area (Å²) in [6.07, 6.45) is -2.31. The van der Waals surface area contributed by atoms with Crippen molar-refractivity contribution < 1.29 is 27.5 Å². The smallest absolute Gasteiger partial charge is 0.416 e. The van der Waals surface area contributed by atoms with Crippen molar-refractivity contribution in [2.45, 2.75) is 24.9 Å². The van der Waals surface area contributed by atoms with Crippen LogP contribution in [0.2, 0.25) is 0 Å². The van der Waals surface area contributed by atoms with Gasteiger partial charge in [0.25, 0.3) is 5.91 Å². The molecule has 1 atom stereocenters. The van der Waals surface area contributed by atoms with Gasteiger partial charge in [0.15, 0.2) is 0 Å². The van der Waals surface area contributed by atoms with Gasteiger partial charge in [-0.1, -0.05) is 78.9 Å². The summed E-state index contributed by atoms with van der Waals surface area (Å²) in [7, 11) is 1.35. The molecule has 4 aromatic rings. The van der Waals surface area contributed by atoms with Gasteiger partial charge in [-0.15, -0.1) is 0 Å². The fourth-order valence-electron chi connectivity index (χ4n) is 5.43. The Bertz CT molecular complexity index is 1510. The minimum absolute atomic E-state index is 0.132. The number of esters is 1. The predicted octanol–water partition coefficient (Wildman–Crippen LogP) is 7.49. The highest BCUT2D eigenvalue weighted by atomic mass is 19.4. The Morgan fingerprint density at radius 2 is 1.28 bits per heavy atom. The van der Waals surface area contributed by atoms with E-state index in [1.165, 1.54) is 19.2 Å². The van der Waals surface area contributed by atoms with Gasteiger partial charge in [-0.25, -0.2) is 0 Å².